The first-order valence-electron chi connectivity index (χ1n) is 3.87. The van der Waals surface area contributed by atoms with E-state index < -0.39 is 5.97 Å². The molecule has 0 aromatic heterocycles. The molecule has 0 spiro atoms. The second-order valence-corrected chi connectivity index (χ2v) is 2.89. The van der Waals surface area contributed by atoms with E-state index in [4.69, 9.17) is 5.11 Å². The predicted octanol–water partition coefficient (Wildman–Crippen LogP) is 1.90. The van der Waals surface area contributed by atoms with E-state index in [1.165, 1.54) is 19.1 Å². The molecule has 0 saturated carbocycles. The van der Waals surface area contributed by atoms with Gasteiger partial charge in [0.1, 0.15) is 0 Å². The number of rotatable bonds is 2. The maximum absolute atomic E-state index is 10.9. The lowest BCUT2D eigenvalue weighted by Gasteiger charge is -2.01. The summed E-state index contributed by atoms with van der Waals surface area (Å²) in [6.45, 7) is 3.13. The summed E-state index contributed by atoms with van der Waals surface area (Å²) in [4.78, 5) is 21.5. The van der Waals surface area contributed by atoms with Crippen LogP contribution in [-0.4, -0.2) is 16.9 Å². The zero-order chi connectivity index (χ0) is 10.0. The summed E-state index contributed by atoms with van der Waals surface area (Å²) in [5.74, 6) is -1.02. The summed E-state index contributed by atoms with van der Waals surface area (Å²) in [7, 11) is 0. The summed E-state index contributed by atoms with van der Waals surface area (Å²) >= 11 is 0. The van der Waals surface area contributed by atoms with Crippen LogP contribution in [0, 0.1) is 6.92 Å². The topological polar surface area (TPSA) is 54.4 Å². The molecule has 0 unspecified atom stereocenters. The monoisotopic (exact) mass is 178 g/mol. The fourth-order valence-electron chi connectivity index (χ4n) is 1.12. The van der Waals surface area contributed by atoms with Gasteiger partial charge in [0.05, 0.1) is 5.56 Å². The second-order valence-electron chi connectivity index (χ2n) is 2.89. The Morgan fingerprint density at radius 2 is 1.92 bits per heavy atom. The van der Waals surface area contributed by atoms with E-state index in [1.54, 1.807) is 13.0 Å². The molecule has 1 aromatic carbocycles. The molecule has 68 valence electrons. The Balaban J connectivity index is 3.20. The molecule has 0 aliphatic carbocycles. The highest BCUT2D eigenvalue weighted by atomic mass is 16.4. The maximum Gasteiger partial charge on any atom is 0.335 e. The molecule has 0 bridgehead atoms. The van der Waals surface area contributed by atoms with Crippen LogP contribution >= 0.6 is 0 Å². The molecule has 3 nitrogen and oxygen atoms in total. The molecule has 1 rings (SSSR count). The van der Waals surface area contributed by atoms with Gasteiger partial charge in [-0.1, -0.05) is 6.07 Å². The summed E-state index contributed by atoms with van der Waals surface area (Å²) in [6, 6.07) is 4.57. The number of Topliss-reactive ketones (excluding diaryl/α,β-unsaturated/α-hetero) is 1. The number of carboxylic acid groups (broad SMARTS) is 1. The molecule has 0 saturated heterocycles. The number of carboxylic acids is 1. The van der Waals surface area contributed by atoms with E-state index in [-0.39, 0.29) is 11.3 Å². The van der Waals surface area contributed by atoms with E-state index in [0.717, 1.165) is 0 Å². The Hall–Kier alpha value is -1.64. The molecule has 13 heavy (non-hydrogen) atoms. The minimum Gasteiger partial charge on any atom is -0.478 e. The number of benzene rings is 1. The van der Waals surface area contributed by atoms with Gasteiger partial charge >= 0.3 is 5.97 Å². The number of hydrogen-bond donors (Lipinski definition) is 1. The third-order valence-corrected chi connectivity index (χ3v) is 1.86. The standard InChI is InChI=1S/C10H10O3/c1-6-5-8(7(2)11)3-4-9(6)10(12)13/h3-5H,1-2H3,(H,12,13). The summed E-state index contributed by atoms with van der Waals surface area (Å²) in [6.07, 6.45) is 0. The Labute approximate surface area is 76.0 Å². The first kappa shape index (κ1) is 9.45. The van der Waals surface area contributed by atoms with Gasteiger partial charge in [-0.3, -0.25) is 4.79 Å². The van der Waals surface area contributed by atoms with Crippen LogP contribution in [0.5, 0.6) is 0 Å². The molecule has 0 aliphatic heterocycles. The maximum atomic E-state index is 10.9. The van der Waals surface area contributed by atoms with Crippen molar-refractivity contribution in [2.75, 3.05) is 0 Å². The van der Waals surface area contributed by atoms with Crippen LogP contribution in [0.1, 0.15) is 33.2 Å². The lowest BCUT2D eigenvalue weighted by atomic mass is 10.0. The number of ketones is 1. The van der Waals surface area contributed by atoms with Gasteiger partial charge in [-0.25, -0.2) is 4.79 Å². The van der Waals surface area contributed by atoms with Crippen molar-refractivity contribution in [3.8, 4) is 0 Å². The van der Waals surface area contributed by atoms with Gasteiger partial charge in [-0.2, -0.15) is 0 Å². The van der Waals surface area contributed by atoms with Crippen LogP contribution in [0.15, 0.2) is 18.2 Å². The highest BCUT2D eigenvalue weighted by Gasteiger charge is 2.08. The van der Waals surface area contributed by atoms with Crippen molar-refractivity contribution < 1.29 is 14.7 Å². The lowest BCUT2D eigenvalue weighted by molar-refractivity contribution is 0.0695. The van der Waals surface area contributed by atoms with Gasteiger partial charge in [0.15, 0.2) is 5.78 Å². The third kappa shape index (κ3) is 1.93. The number of aryl methyl sites for hydroxylation is 1. The van der Waals surface area contributed by atoms with E-state index >= 15 is 0 Å². The molecule has 0 atom stereocenters. The highest BCUT2D eigenvalue weighted by molar-refractivity contribution is 5.96. The molecule has 1 aromatic rings. The molecule has 0 aliphatic rings. The molecular formula is C10H10O3. The number of hydrogen-bond acceptors (Lipinski definition) is 2. The molecule has 0 heterocycles. The molecule has 0 amide bonds. The number of aromatic carboxylic acids is 1. The Morgan fingerprint density at radius 1 is 1.31 bits per heavy atom. The summed E-state index contributed by atoms with van der Waals surface area (Å²) in [5, 5.41) is 8.71. The van der Waals surface area contributed by atoms with E-state index in [2.05, 4.69) is 0 Å². The highest BCUT2D eigenvalue weighted by Crippen LogP contribution is 2.11. The molecule has 1 N–H and O–H groups in total. The number of carbonyl (C=O) groups is 2. The van der Waals surface area contributed by atoms with E-state index in [1.807, 2.05) is 0 Å². The minimum atomic E-state index is -0.965. The molecule has 0 fully saturated rings. The summed E-state index contributed by atoms with van der Waals surface area (Å²) < 4.78 is 0. The van der Waals surface area contributed by atoms with Crippen LogP contribution in [0.3, 0.4) is 0 Å². The van der Waals surface area contributed by atoms with Crippen molar-refractivity contribution in [2.24, 2.45) is 0 Å². The zero-order valence-electron chi connectivity index (χ0n) is 7.50. The van der Waals surface area contributed by atoms with Crippen molar-refractivity contribution in [3.63, 3.8) is 0 Å². The third-order valence-electron chi connectivity index (χ3n) is 1.86. The van der Waals surface area contributed by atoms with Crippen molar-refractivity contribution >= 4 is 11.8 Å². The average Bonchev–Trinajstić information content (AvgIpc) is 2.03. The van der Waals surface area contributed by atoms with Gasteiger partial charge in [0.25, 0.3) is 0 Å². The largest absolute Gasteiger partial charge is 0.478 e. The molecule has 3 heteroatoms. The van der Waals surface area contributed by atoms with Crippen LogP contribution in [0.4, 0.5) is 0 Å². The molecular weight excluding hydrogens is 168 g/mol. The summed E-state index contributed by atoms with van der Waals surface area (Å²) in [5.41, 5.74) is 1.40. The van der Waals surface area contributed by atoms with Gasteiger partial charge in [-0.15, -0.1) is 0 Å². The smallest absolute Gasteiger partial charge is 0.335 e. The van der Waals surface area contributed by atoms with Crippen molar-refractivity contribution in [1.82, 2.24) is 0 Å². The van der Waals surface area contributed by atoms with Crippen molar-refractivity contribution in [1.29, 1.82) is 0 Å². The first-order chi connectivity index (χ1) is 6.02. The fourth-order valence-corrected chi connectivity index (χ4v) is 1.12. The van der Waals surface area contributed by atoms with Crippen molar-refractivity contribution in [3.05, 3.63) is 34.9 Å². The Morgan fingerprint density at radius 3 is 2.31 bits per heavy atom. The zero-order valence-corrected chi connectivity index (χ0v) is 7.50. The van der Waals surface area contributed by atoms with Gasteiger partial charge in [0, 0.05) is 5.56 Å². The Kier molecular flexibility index (Phi) is 2.46. The lowest BCUT2D eigenvalue weighted by Crippen LogP contribution is -2.01. The van der Waals surface area contributed by atoms with E-state index in [0.29, 0.717) is 11.1 Å². The van der Waals surface area contributed by atoms with Crippen LogP contribution in [0.25, 0.3) is 0 Å². The normalized spacial score (nSPS) is 9.69. The van der Waals surface area contributed by atoms with E-state index in [9.17, 15) is 9.59 Å². The van der Waals surface area contributed by atoms with Gasteiger partial charge < -0.3 is 5.11 Å². The number of carbonyl (C=O) groups excluding carboxylic acids is 1. The first-order valence-corrected chi connectivity index (χ1v) is 3.87. The van der Waals surface area contributed by atoms with Gasteiger partial charge in [0.2, 0.25) is 0 Å². The Bertz CT molecular complexity index is 366. The second kappa shape index (κ2) is 3.39. The predicted molar refractivity (Wildman–Crippen MR) is 48.1 cm³/mol. The van der Waals surface area contributed by atoms with Crippen LogP contribution < -0.4 is 0 Å². The van der Waals surface area contributed by atoms with Crippen LogP contribution in [0.2, 0.25) is 0 Å². The average molecular weight is 178 g/mol. The SMILES string of the molecule is CC(=O)c1ccc(C(=O)O)c(C)c1. The quantitative estimate of drug-likeness (QED) is 0.703. The molecule has 0 radical (unpaired) electrons. The minimum absolute atomic E-state index is 0.0555. The fraction of sp³-hybridized carbons (Fsp3) is 0.200. The van der Waals surface area contributed by atoms with Crippen LogP contribution in [-0.2, 0) is 0 Å². The van der Waals surface area contributed by atoms with Crippen molar-refractivity contribution in [2.45, 2.75) is 13.8 Å². The van der Waals surface area contributed by atoms with Gasteiger partial charge in [-0.05, 0) is 31.5 Å².